The highest BCUT2D eigenvalue weighted by Gasteiger charge is 2.13. The van der Waals surface area contributed by atoms with Gasteiger partial charge in [0.1, 0.15) is 0 Å². The fourth-order valence-electron chi connectivity index (χ4n) is 2.51. The summed E-state index contributed by atoms with van der Waals surface area (Å²) in [6, 6.07) is 10.8. The van der Waals surface area contributed by atoms with Crippen LogP contribution in [0.2, 0.25) is 0 Å². The molecule has 1 aliphatic rings. The molecule has 1 saturated heterocycles. The highest BCUT2D eigenvalue weighted by Crippen LogP contribution is 2.25. The molecule has 18 heavy (non-hydrogen) atoms. The summed E-state index contributed by atoms with van der Waals surface area (Å²) in [6.45, 7) is 2.38. The van der Waals surface area contributed by atoms with E-state index in [-0.39, 0.29) is 6.04 Å². The van der Waals surface area contributed by atoms with Crippen LogP contribution in [-0.2, 0) is 0 Å². The molecule has 1 aromatic heterocycles. The van der Waals surface area contributed by atoms with Gasteiger partial charge in [0.25, 0.3) is 0 Å². The van der Waals surface area contributed by atoms with Crippen LogP contribution >= 0.6 is 11.3 Å². The summed E-state index contributed by atoms with van der Waals surface area (Å²) in [5.74, 6) is 0. The SMILES string of the molecule is N[C@@H](c1ccc(N2CCCC2)cc1)c1ccsc1. The normalized spacial score (nSPS) is 17.1. The summed E-state index contributed by atoms with van der Waals surface area (Å²) in [7, 11) is 0. The van der Waals surface area contributed by atoms with Crippen LogP contribution in [0.3, 0.4) is 0 Å². The third kappa shape index (κ3) is 2.28. The Kier molecular flexibility index (Phi) is 3.35. The fraction of sp³-hybridized carbons (Fsp3) is 0.333. The molecule has 0 radical (unpaired) electrons. The Morgan fingerprint density at radius 3 is 2.33 bits per heavy atom. The molecule has 0 saturated carbocycles. The van der Waals surface area contributed by atoms with Crippen LogP contribution in [0.15, 0.2) is 41.1 Å². The lowest BCUT2D eigenvalue weighted by molar-refractivity contribution is 0.875. The molecule has 3 heteroatoms. The van der Waals surface area contributed by atoms with Crippen molar-refractivity contribution in [1.82, 2.24) is 0 Å². The van der Waals surface area contributed by atoms with E-state index in [1.807, 2.05) is 0 Å². The van der Waals surface area contributed by atoms with E-state index in [1.54, 1.807) is 11.3 Å². The summed E-state index contributed by atoms with van der Waals surface area (Å²) in [5, 5.41) is 4.20. The molecule has 2 aromatic rings. The molecule has 1 aliphatic heterocycles. The molecule has 1 atom stereocenters. The number of nitrogens with two attached hydrogens (primary N) is 1. The van der Waals surface area contributed by atoms with Gasteiger partial charge in [-0.2, -0.15) is 11.3 Å². The van der Waals surface area contributed by atoms with Crippen molar-refractivity contribution in [1.29, 1.82) is 0 Å². The van der Waals surface area contributed by atoms with E-state index in [4.69, 9.17) is 5.73 Å². The van der Waals surface area contributed by atoms with Crippen molar-refractivity contribution in [2.45, 2.75) is 18.9 Å². The highest BCUT2D eigenvalue weighted by atomic mass is 32.1. The first-order valence-corrected chi connectivity index (χ1v) is 7.41. The Bertz CT molecular complexity index is 484. The van der Waals surface area contributed by atoms with Gasteiger partial charge in [-0.3, -0.25) is 0 Å². The van der Waals surface area contributed by atoms with Gasteiger partial charge < -0.3 is 10.6 Å². The van der Waals surface area contributed by atoms with Crippen LogP contribution < -0.4 is 10.6 Å². The van der Waals surface area contributed by atoms with Gasteiger partial charge in [-0.1, -0.05) is 12.1 Å². The number of nitrogens with zero attached hydrogens (tertiary/aromatic N) is 1. The zero-order chi connectivity index (χ0) is 12.4. The second kappa shape index (κ2) is 5.12. The minimum atomic E-state index is 0.00359. The van der Waals surface area contributed by atoms with E-state index in [9.17, 15) is 0 Å². The number of thiophene rings is 1. The second-order valence-electron chi connectivity index (χ2n) is 4.82. The minimum absolute atomic E-state index is 0.00359. The highest BCUT2D eigenvalue weighted by molar-refractivity contribution is 7.08. The van der Waals surface area contributed by atoms with Crippen LogP contribution in [0.4, 0.5) is 5.69 Å². The Labute approximate surface area is 112 Å². The van der Waals surface area contributed by atoms with Crippen molar-refractivity contribution in [3.63, 3.8) is 0 Å². The quantitative estimate of drug-likeness (QED) is 0.914. The molecule has 2 N–H and O–H groups in total. The monoisotopic (exact) mass is 258 g/mol. The maximum Gasteiger partial charge on any atom is 0.0559 e. The van der Waals surface area contributed by atoms with E-state index in [2.05, 4.69) is 46.0 Å². The Hall–Kier alpha value is -1.32. The third-order valence-electron chi connectivity index (χ3n) is 3.63. The summed E-state index contributed by atoms with van der Waals surface area (Å²) in [4.78, 5) is 2.44. The van der Waals surface area contributed by atoms with Crippen LogP contribution in [0.5, 0.6) is 0 Å². The summed E-state index contributed by atoms with van der Waals surface area (Å²) < 4.78 is 0. The zero-order valence-corrected chi connectivity index (χ0v) is 11.2. The van der Waals surface area contributed by atoms with Crippen molar-refractivity contribution < 1.29 is 0 Å². The molecule has 0 bridgehead atoms. The van der Waals surface area contributed by atoms with E-state index >= 15 is 0 Å². The molecule has 0 unspecified atom stereocenters. The van der Waals surface area contributed by atoms with Gasteiger partial charge in [0, 0.05) is 18.8 Å². The van der Waals surface area contributed by atoms with Gasteiger partial charge >= 0.3 is 0 Å². The van der Waals surface area contributed by atoms with Gasteiger partial charge in [-0.15, -0.1) is 0 Å². The molecular formula is C15H18N2S. The van der Waals surface area contributed by atoms with Crippen molar-refractivity contribution in [2.24, 2.45) is 5.73 Å². The van der Waals surface area contributed by atoms with Crippen LogP contribution in [0, 0.1) is 0 Å². The van der Waals surface area contributed by atoms with Gasteiger partial charge in [0.05, 0.1) is 6.04 Å². The first-order valence-electron chi connectivity index (χ1n) is 6.47. The average molecular weight is 258 g/mol. The molecule has 2 heterocycles. The first-order chi connectivity index (χ1) is 8.84. The van der Waals surface area contributed by atoms with Crippen molar-refractivity contribution in [3.05, 3.63) is 52.2 Å². The number of hydrogen-bond acceptors (Lipinski definition) is 3. The first kappa shape index (κ1) is 11.8. The van der Waals surface area contributed by atoms with E-state index in [0.29, 0.717) is 0 Å². The Morgan fingerprint density at radius 2 is 1.72 bits per heavy atom. The van der Waals surface area contributed by atoms with Crippen LogP contribution in [-0.4, -0.2) is 13.1 Å². The van der Waals surface area contributed by atoms with Crippen molar-refractivity contribution in [2.75, 3.05) is 18.0 Å². The van der Waals surface area contributed by atoms with Gasteiger partial charge in [0.2, 0.25) is 0 Å². The molecule has 94 valence electrons. The number of rotatable bonds is 3. The van der Waals surface area contributed by atoms with Crippen molar-refractivity contribution >= 4 is 17.0 Å². The summed E-state index contributed by atoms with van der Waals surface area (Å²) >= 11 is 1.70. The summed E-state index contributed by atoms with van der Waals surface area (Å²) in [6.07, 6.45) is 2.63. The molecule has 0 spiro atoms. The topological polar surface area (TPSA) is 29.3 Å². The number of benzene rings is 1. The summed E-state index contributed by atoms with van der Waals surface area (Å²) in [5.41, 5.74) is 9.98. The predicted octanol–water partition coefficient (Wildman–Crippen LogP) is 3.40. The number of hydrogen-bond donors (Lipinski definition) is 1. The lowest BCUT2D eigenvalue weighted by Gasteiger charge is -2.18. The number of anilines is 1. The van der Waals surface area contributed by atoms with Crippen LogP contribution in [0.1, 0.15) is 30.0 Å². The fourth-order valence-corrected chi connectivity index (χ4v) is 3.21. The van der Waals surface area contributed by atoms with E-state index in [0.717, 1.165) is 0 Å². The van der Waals surface area contributed by atoms with Gasteiger partial charge in [-0.05, 0) is 52.9 Å². The van der Waals surface area contributed by atoms with Gasteiger partial charge in [-0.25, -0.2) is 0 Å². The average Bonchev–Trinajstić information content (AvgIpc) is 3.11. The predicted molar refractivity (Wildman–Crippen MR) is 78.2 cm³/mol. The molecule has 0 amide bonds. The maximum atomic E-state index is 6.26. The van der Waals surface area contributed by atoms with Gasteiger partial charge in [0.15, 0.2) is 0 Å². The molecular weight excluding hydrogens is 240 g/mol. The van der Waals surface area contributed by atoms with E-state index < -0.39 is 0 Å². The molecule has 1 fully saturated rings. The third-order valence-corrected chi connectivity index (χ3v) is 4.33. The van der Waals surface area contributed by atoms with Crippen LogP contribution in [0.25, 0.3) is 0 Å². The minimum Gasteiger partial charge on any atom is -0.372 e. The van der Waals surface area contributed by atoms with E-state index in [1.165, 1.54) is 42.7 Å². The molecule has 3 rings (SSSR count). The lowest BCUT2D eigenvalue weighted by Crippen LogP contribution is -2.17. The second-order valence-corrected chi connectivity index (χ2v) is 5.60. The largest absolute Gasteiger partial charge is 0.372 e. The Morgan fingerprint density at radius 1 is 1.00 bits per heavy atom. The standard InChI is InChI=1S/C15H18N2S/c16-15(13-7-10-18-11-13)12-3-5-14(6-4-12)17-8-1-2-9-17/h3-7,10-11,15H,1-2,8-9,16H2/t15-/m0/s1. The molecule has 2 nitrogen and oxygen atoms in total. The molecule has 1 aromatic carbocycles. The maximum absolute atomic E-state index is 6.26. The smallest absolute Gasteiger partial charge is 0.0559 e. The lowest BCUT2D eigenvalue weighted by atomic mass is 10.0. The zero-order valence-electron chi connectivity index (χ0n) is 10.4. The van der Waals surface area contributed by atoms with Crippen molar-refractivity contribution in [3.8, 4) is 0 Å². The Balaban J connectivity index is 1.78. The molecule has 0 aliphatic carbocycles.